The predicted octanol–water partition coefficient (Wildman–Crippen LogP) is 1.99. The molecule has 2 heterocycles. The highest BCUT2D eigenvalue weighted by molar-refractivity contribution is 8.00. The van der Waals surface area contributed by atoms with Crippen molar-refractivity contribution < 1.29 is 9.47 Å². The van der Waals surface area contributed by atoms with E-state index in [0.717, 1.165) is 17.1 Å². The molecule has 1 aromatic carbocycles. The molecule has 0 aromatic heterocycles. The lowest BCUT2D eigenvalue weighted by molar-refractivity contribution is 0.0200. The van der Waals surface area contributed by atoms with E-state index in [1.807, 2.05) is 31.2 Å². The molecule has 3 aliphatic rings. The molecular formula is C17H16N4O2S. The first kappa shape index (κ1) is 15.3. The minimum Gasteiger partial charge on any atom is -0.494 e. The molecule has 0 bridgehead atoms. The van der Waals surface area contributed by atoms with Crippen molar-refractivity contribution >= 4 is 17.6 Å². The third kappa shape index (κ3) is 1.47. The summed E-state index contributed by atoms with van der Waals surface area (Å²) in [7, 11) is 0. The maximum Gasteiger partial charge on any atom is 0.230 e. The molecule has 1 saturated carbocycles. The highest BCUT2D eigenvalue weighted by Crippen LogP contribution is 2.84. The Kier molecular flexibility index (Phi) is 3.12. The Morgan fingerprint density at radius 2 is 2.12 bits per heavy atom. The number of nitrogens with two attached hydrogens (primary N) is 1. The Morgan fingerprint density at radius 3 is 2.67 bits per heavy atom. The molecular weight excluding hydrogens is 324 g/mol. The van der Waals surface area contributed by atoms with Gasteiger partial charge in [0, 0.05) is 11.7 Å². The zero-order chi connectivity index (χ0) is 17.0. The van der Waals surface area contributed by atoms with E-state index in [4.69, 9.17) is 15.2 Å². The average Bonchev–Trinajstić information content (AvgIpc) is 2.84. The van der Waals surface area contributed by atoms with Gasteiger partial charge in [0.1, 0.15) is 17.0 Å². The smallest absolute Gasteiger partial charge is 0.230 e. The van der Waals surface area contributed by atoms with Crippen molar-refractivity contribution in [1.29, 1.82) is 10.5 Å². The number of aliphatic imine (C=N–C) groups is 1. The van der Waals surface area contributed by atoms with Gasteiger partial charge in [0.25, 0.3) is 0 Å². The lowest BCUT2D eigenvalue weighted by atomic mass is 9.95. The molecule has 7 heteroatoms. The van der Waals surface area contributed by atoms with Gasteiger partial charge in [0.15, 0.2) is 5.41 Å². The van der Waals surface area contributed by atoms with Gasteiger partial charge in [0.2, 0.25) is 5.06 Å². The third-order valence-corrected chi connectivity index (χ3v) is 6.42. The van der Waals surface area contributed by atoms with Crippen LogP contribution in [0, 0.1) is 33.5 Å². The fourth-order valence-electron chi connectivity index (χ4n) is 4.14. The Labute approximate surface area is 144 Å². The first-order valence-corrected chi connectivity index (χ1v) is 8.79. The highest BCUT2D eigenvalue weighted by atomic mass is 32.2. The van der Waals surface area contributed by atoms with Gasteiger partial charge >= 0.3 is 0 Å². The summed E-state index contributed by atoms with van der Waals surface area (Å²) in [5.74, 6) is 1.35. The van der Waals surface area contributed by atoms with Crippen molar-refractivity contribution in [3.8, 4) is 17.9 Å². The molecule has 1 aromatic rings. The van der Waals surface area contributed by atoms with E-state index >= 15 is 0 Å². The Bertz CT molecular complexity index is 803. The van der Waals surface area contributed by atoms with E-state index in [9.17, 15) is 10.5 Å². The van der Waals surface area contributed by atoms with E-state index in [-0.39, 0.29) is 11.8 Å². The molecule has 6 nitrogen and oxygen atoms in total. The minimum atomic E-state index is -1.12. The number of nitriles is 2. The van der Waals surface area contributed by atoms with Crippen LogP contribution in [0.1, 0.15) is 18.4 Å². The van der Waals surface area contributed by atoms with Crippen LogP contribution in [0.15, 0.2) is 29.3 Å². The van der Waals surface area contributed by atoms with Gasteiger partial charge in [0.05, 0.1) is 25.4 Å². The lowest BCUT2D eigenvalue weighted by Gasteiger charge is -2.26. The quantitative estimate of drug-likeness (QED) is 0.902. The van der Waals surface area contributed by atoms with Crippen molar-refractivity contribution in [2.45, 2.75) is 17.9 Å². The largest absolute Gasteiger partial charge is 0.494 e. The Hall–Kier alpha value is -2.22. The van der Waals surface area contributed by atoms with E-state index < -0.39 is 15.9 Å². The van der Waals surface area contributed by atoms with E-state index in [1.165, 1.54) is 11.8 Å². The molecule has 4 rings (SSSR count). The maximum absolute atomic E-state index is 10.0. The summed E-state index contributed by atoms with van der Waals surface area (Å²) < 4.78 is 11.3. The van der Waals surface area contributed by atoms with Crippen LogP contribution in [0.25, 0.3) is 0 Å². The van der Waals surface area contributed by atoms with Gasteiger partial charge < -0.3 is 15.2 Å². The second kappa shape index (κ2) is 4.89. The zero-order valence-electron chi connectivity index (χ0n) is 13.2. The summed E-state index contributed by atoms with van der Waals surface area (Å²) >= 11 is 1.46. The van der Waals surface area contributed by atoms with Crippen molar-refractivity contribution in [3.63, 3.8) is 0 Å². The Balaban J connectivity index is 1.82. The summed E-state index contributed by atoms with van der Waals surface area (Å²) in [5, 5.41) is 18.9. The number of rotatable bonds is 3. The number of nitrogens with zero attached hydrogens (tertiary/aromatic N) is 3. The van der Waals surface area contributed by atoms with Crippen LogP contribution in [0.5, 0.6) is 5.75 Å². The molecule has 2 aliphatic heterocycles. The summed E-state index contributed by atoms with van der Waals surface area (Å²) in [6.45, 7) is 3.01. The number of hydrogen-bond donors (Lipinski definition) is 1. The normalized spacial score (nSPS) is 39.0. The van der Waals surface area contributed by atoms with Crippen molar-refractivity contribution in [2.24, 2.45) is 21.6 Å². The van der Waals surface area contributed by atoms with Gasteiger partial charge in [-0.2, -0.15) is 10.5 Å². The first-order valence-electron chi connectivity index (χ1n) is 7.81. The fourth-order valence-corrected chi connectivity index (χ4v) is 5.47. The van der Waals surface area contributed by atoms with E-state index in [2.05, 4.69) is 17.1 Å². The second-order valence-corrected chi connectivity index (χ2v) is 7.30. The van der Waals surface area contributed by atoms with Gasteiger partial charge in [-0.15, -0.1) is 0 Å². The molecule has 2 fully saturated rings. The minimum absolute atomic E-state index is 0.208. The Morgan fingerprint density at radius 1 is 1.38 bits per heavy atom. The summed E-state index contributed by atoms with van der Waals surface area (Å²) in [6, 6.07) is 12.2. The molecule has 1 spiro atoms. The molecule has 0 amide bonds. The summed E-state index contributed by atoms with van der Waals surface area (Å²) in [4.78, 5) is 4.42. The summed E-state index contributed by atoms with van der Waals surface area (Å²) in [5.41, 5.74) is 4.83. The molecule has 1 saturated heterocycles. The number of amidine groups is 1. The third-order valence-electron chi connectivity index (χ3n) is 5.13. The molecule has 0 unspecified atom stereocenters. The second-order valence-electron chi connectivity index (χ2n) is 6.05. The first-order chi connectivity index (χ1) is 11.6. The van der Waals surface area contributed by atoms with Crippen LogP contribution >= 0.6 is 11.8 Å². The topological polar surface area (TPSA) is 104 Å². The number of benzene rings is 1. The van der Waals surface area contributed by atoms with Crippen LogP contribution < -0.4 is 10.5 Å². The number of ether oxygens (including phenoxy) is 2. The predicted molar refractivity (Wildman–Crippen MR) is 89.2 cm³/mol. The standard InChI is InChI=1S/C17H16N4O2S/c1-2-22-12-5-3-11(4-6-12)13-15(9-18)14(20)21-17(16(13,15)10-19)23-7-8-24-17/h3-6,13H,2,7-8H2,1H3,(H2,20,21)/t13-,15+,16+,17+/m0/s1. The number of hydrogen-bond acceptors (Lipinski definition) is 7. The van der Waals surface area contributed by atoms with Gasteiger partial charge in [-0.1, -0.05) is 23.9 Å². The highest BCUT2D eigenvalue weighted by Gasteiger charge is 2.93. The van der Waals surface area contributed by atoms with E-state index in [1.54, 1.807) is 0 Å². The number of thioether (sulfide) groups is 1. The lowest BCUT2D eigenvalue weighted by Crippen LogP contribution is -2.34. The van der Waals surface area contributed by atoms with Crippen molar-refractivity contribution in [2.75, 3.05) is 19.0 Å². The fraction of sp³-hybridized carbons (Fsp3) is 0.471. The molecule has 24 heavy (non-hydrogen) atoms. The summed E-state index contributed by atoms with van der Waals surface area (Å²) in [6.07, 6.45) is 0. The van der Waals surface area contributed by atoms with Crippen LogP contribution in [0.4, 0.5) is 0 Å². The molecule has 122 valence electrons. The molecule has 1 aliphatic carbocycles. The van der Waals surface area contributed by atoms with Crippen LogP contribution in [-0.4, -0.2) is 29.9 Å². The van der Waals surface area contributed by atoms with Gasteiger partial charge in [-0.3, -0.25) is 0 Å². The molecule has 4 atom stereocenters. The van der Waals surface area contributed by atoms with Crippen LogP contribution in [0.2, 0.25) is 0 Å². The molecule has 0 radical (unpaired) electrons. The average molecular weight is 340 g/mol. The van der Waals surface area contributed by atoms with E-state index in [0.29, 0.717) is 13.2 Å². The number of fused-ring (bicyclic) bond motifs is 2. The zero-order valence-corrected chi connectivity index (χ0v) is 14.0. The SMILES string of the molecule is CCOc1ccc([C@@H]2[C@@]3(C#N)[C@@]4(N=C(N)[C@@]23C#N)OCCS4)cc1. The van der Waals surface area contributed by atoms with Crippen molar-refractivity contribution in [3.05, 3.63) is 29.8 Å². The molecule has 2 N–H and O–H groups in total. The van der Waals surface area contributed by atoms with Gasteiger partial charge in [-0.25, -0.2) is 4.99 Å². The van der Waals surface area contributed by atoms with Crippen LogP contribution in [-0.2, 0) is 4.74 Å². The monoisotopic (exact) mass is 340 g/mol. The van der Waals surface area contributed by atoms with Crippen molar-refractivity contribution in [1.82, 2.24) is 0 Å². The van der Waals surface area contributed by atoms with Gasteiger partial charge in [-0.05, 0) is 24.6 Å². The maximum atomic E-state index is 10.0. The van der Waals surface area contributed by atoms with Crippen LogP contribution in [0.3, 0.4) is 0 Å².